The fraction of sp³-hybridized carbons (Fsp3) is 0.571. The first-order valence-electron chi connectivity index (χ1n) is 7.35. The van der Waals surface area contributed by atoms with Gasteiger partial charge in [0.15, 0.2) is 0 Å². The van der Waals surface area contributed by atoms with Crippen LogP contribution in [0.4, 0.5) is 0 Å². The van der Waals surface area contributed by atoms with E-state index in [2.05, 4.69) is 4.72 Å². The number of hydrogen-bond donors (Lipinski definition) is 1. The molecule has 1 saturated heterocycles. The molecule has 6 nitrogen and oxygen atoms in total. The van der Waals surface area contributed by atoms with Gasteiger partial charge in [-0.15, -0.1) is 0 Å². The lowest BCUT2D eigenvalue weighted by Crippen LogP contribution is -2.37. The Labute approximate surface area is 131 Å². The van der Waals surface area contributed by atoms with Crippen molar-refractivity contribution in [3.05, 3.63) is 29.3 Å². The molecule has 1 aliphatic heterocycles. The summed E-state index contributed by atoms with van der Waals surface area (Å²) in [6.07, 6.45) is 4.60. The lowest BCUT2D eigenvalue weighted by Gasteiger charge is -2.17. The number of fused-ring (bicyclic) bond motifs is 1. The molecule has 0 bridgehead atoms. The molecule has 1 fully saturated rings. The van der Waals surface area contributed by atoms with Gasteiger partial charge in [-0.25, -0.2) is 21.6 Å². The second-order valence-corrected chi connectivity index (χ2v) is 9.74. The summed E-state index contributed by atoms with van der Waals surface area (Å²) in [4.78, 5) is 0.313. The lowest BCUT2D eigenvalue weighted by atomic mass is 10.1. The predicted octanol–water partition coefficient (Wildman–Crippen LogP) is 0.488. The lowest BCUT2D eigenvalue weighted by molar-refractivity contribution is 0.467. The average molecular weight is 344 g/mol. The molecule has 0 radical (unpaired) electrons. The van der Waals surface area contributed by atoms with E-state index >= 15 is 0 Å². The van der Waals surface area contributed by atoms with Crippen molar-refractivity contribution in [3.63, 3.8) is 0 Å². The zero-order valence-corrected chi connectivity index (χ0v) is 14.1. The highest BCUT2D eigenvalue weighted by Crippen LogP contribution is 2.27. The van der Waals surface area contributed by atoms with Gasteiger partial charge >= 0.3 is 0 Å². The normalized spacial score (nSPS) is 22.9. The number of sulfonamides is 2. The molecule has 1 heterocycles. The molecule has 1 aliphatic carbocycles. The molecule has 0 spiro atoms. The Morgan fingerprint density at radius 3 is 2.59 bits per heavy atom. The van der Waals surface area contributed by atoms with Crippen LogP contribution in [0.15, 0.2) is 23.1 Å². The molecule has 8 heteroatoms. The summed E-state index contributed by atoms with van der Waals surface area (Å²) >= 11 is 0. The average Bonchev–Trinajstić information content (AvgIpc) is 3.04. The number of hydrogen-bond acceptors (Lipinski definition) is 4. The van der Waals surface area contributed by atoms with E-state index in [1.54, 1.807) is 12.1 Å². The van der Waals surface area contributed by atoms with Crippen LogP contribution in [0.5, 0.6) is 0 Å². The van der Waals surface area contributed by atoms with Gasteiger partial charge in [-0.05, 0) is 48.9 Å². The second kappa shape index (κ2) is 5.59. The molecule has 22 heavy (non-hydrogen) atoms. The number of rotatable bonds is 4. The van der Waals surface area contributed by atoms with E-state index < -0.39 is 20.0 Å². The molecule has 0 amide bonds. The van der Waals surface area contributed by atoms with Crippen molar-refractivity contribution in [2.75, 3.05) is 19.3 Å². The summed E-state index contributed by atoms with van der Waals surface area (Å²) in [7, 11) is -6.87. The van der Waals surface area contributed by atoms with Crippen molar-refractivity contribution in [2.24, 2.45) is 0 Å². The molecule has 1 aromatic carbocycles. The van der Waals surface area contributed by atoms with Crippen molar-refractivity contribution in [2.45, 2.75) is 36.6 Å². The molecule has 1 unspecified atom stereocenters. The third-order valence-electron chi connectivity index (χ3n) is 4.24. The number of nitrogens with zero attached hydrogens (tertiary/aromatic N) is 1. The third-order valence-corrected chi connectivity index (χ3v) is 6.86. The predicted molar refractivity (Wildman–Crippen MR) is 83.6 cm³/mol. The van der Waals surface area contributed by atoms with E-state index in [-0.39, 0.29) is 12.6 Å². The van der Waals surface area contributed by atoms with Crippen molar-refractivity contribution in [1.82, 2.24) is 9.03 Å². The highest BCUT2D eigenvalue weighted by Gasteiger charge is 2.34. The van der Waals surface area contributed by atoms with Gasteiger partial charge in [0.1, 0.15) is 0 Å². The van der Waals surface area contributed by atoms with Crippen molar-refractivity contribution in [3.8, 4) is 0 Å². The van der Waals surface area contributed by atoms with E-state index in [0.717, 1.165) is 31.1 Å². The molecule has 0 aromatic heterocycles. The number of benzene rings is 1. The quantitative estimate of drug-likeness (QED) is 0.861. The van der Waals surface area contributed by atoms with Gasteiger partial charge in [0, 0.05) is 19.1 Å². The van der Waals surface area contributed by atoms with Crippen molar-refractivity contribution >= 4 is 20.0 Å². The Bertz CT molecular complexity index is 787. The van der Waals surface area contributed by atoms with E-state index in [4.69, 9.17) is 0 Å². The zero-order chi connectivity index (χ0) is 16.0. The van der Waals surface area contributed by atoms with Crippen molar-refractivity contribution < 1.29 is 16.8 Å². The van der Waals surface area contributed by atoms with Crippen LogP contribution < -0.4 is 4.72 Å². The minimum absolute atomic E-state index is 0.187. The summed E-state index contributed by atoms with van der Waals surface area (Å²) in [5, 5.41) is 0. The van der Waals surface area contributed by atoms with Gasteiger partial charge in [-0.3, -0.25) is 0 Å². The summed E-state index contributed by atoms with van der Waals surface area (Å²) in [6, 6.07) is 4.99. The van der Waals surface area contributed by atoms with E-state index in [9.17, 15) is 16.8 Å². The number of nitrogens with one attached hydrogen (secondary N) is 1. The maximum atomic E-state index is 12.7. The summed E-state index contributed by atoms with van der Waals surface area (Å²) in [5.74, 6) is 0. The van der Waals surface area contributed by atoms with Gasteiger partial charge in [-0.1, -0.05) is 6.07 Å². The maximum absolute atomic E-state index is 12.7. The van der Waals surface area contributed by atoms with Crippen LogP contribution in [0, 0.1) is 0 Å². The minimum atomic E-state index is -3.55. The highest BCUT2D eigenvalue weighted by molar-refractivity contribution is 7.89. The van der Waals surface area contributed by atoms with Crippen LogP contribution in [-0.2, 0) is 32.9 Å². The van der Waals surface area contributed by atoms with Gasteiger partial charge in [0.25, 0.3) is 0 Å². The standard InChI is InChI=1S/C14H20N2O4S2/c1-21(17,18)15-13-7-8-16(10-13)22(19,20)14-6-5-11-3-2-4-12(11)9-14/h5-6,9,13,15H,2-4,7-8,10H2,1H3. The SMILES string of the molecule is CS(=O)(=O)NC1CCN(S(=O)(=O)c2ccc3c(c2)CCC3)C1. The first kappa shape index (κ1) is 15.9. The molecule has 2 aliphatic rings. The van der Waals surface area contributed by atoms with Gasteiger partial charge < -0.3 is 0 Å². The largest absolute Gasteiger partial charge is 0.243 e. The highest BCUT2D eigenvalue weighted by atomic mass is 32.2. The van der Waals surface area contributed by atoms with E-state index in [1.165, 1.54) is 9.87 Å². The zero-order valence-electron chi connectivity index (χ0n) is 12.4. The first-order valence-corrected chi connectivity index (χ1v) is 10.7. The molecule has 3 rings (SSSR count). The molecule has 1 aromatic rings. The van der Waals surface area contributed by atoms with Gasteiger partial charge in [0.2, 0.25) is 20.0 Å². The second-order valence-electron chi connectivity index (χ2n) is 6.02. The fourth-order valence-electron chi connectivity index (χ4n) is 3.20. The summed E-state index contributed by atoms with van der Waals surface area (Å²) in [5.41, 5.74) is 2.35. The van der Waals surface area contributed by atoms with Crippen LogP contribution in [0.1, 0.15) is 24.0 Å². The molecule has 1 atom stereocenters. The monoisotopic (exact) mass is 344 g/mol. The maximum Gasteiger partial charge on any atom is 0.243 e. The molecule has 1 N–H and O–H groups in total. The number of aryl methyl sites for hydroxylation is 2. The van der Waals surface area contributed by atoms with E-state index in [1.807, 2.05) is 6.07 Å². The molecular formula is C14H20N2O4S2. The van der Waals surface area contributed by atoms with Crippen LogP contribution in [0.2, 0.25) is 0 Å². The fourth-order valence-corrected chi connectivity index (χ4v) is 5.55. The third kappa shape index (κ3) is 3.19. The van der Waals surface area contributed by atoms with Gasteiger partial charge in [0.05, 0.1) is 11.2 Å². The molecule has 0 saturated carbocycles. The minimum Gasteiger partial charge on any atom is -0.213 e. The van der Waals surface area contributed by atoms with Crippen LogP contribution in [0.3, 0.4) is 0 Å². The molecule has 122 valence electrons. The summed E-state index contributed by atoms with van der Waals surface area (Å²) < 4.78 is 51.8. The Hall–Kier alpha value is -0.960. The smallest absolute Gasteiger partial charge is 0.213 e. The Morgan fingerprint density at radius 1 is 1.14 bits per heavy atom. The van der Waals surface area contributed by atoms with Crippen LogP contribution in [-0.4, -0.2) is 46.5 Å². The van der Waals surface area contributed by atoms with Gasteiger partial charge in [-0.2, -0.15) is 4.31 Å². The van der Waals surface area contributed by atoms with Crippen molar-refractivity contribution in [1.29, 1.82) is 0 Å². The molecular weight excluding hydrogens is 324 g/mol. The Balaban J connectivity index is 1.79. The first-order chi connectivity index (χ1) is 10.3. The Morgan fingerprint density at radius 2 is 1.86 bits per heavy atom. The Kier molecular flexibility index (Phi) is 4.05. The van der Waals surface area contributed by atoms with E-state index in [0.29, 0.717) is 17.9 Å². The van der Waals surface area contributed by atoms with Crippen LogP contribution in [0.25, 0.3) is 0 Å². The topological polar surface area (TPSA) is 83.6 Å². The summed E-state index contributed by atoms with van der Waals surface area (Å²) in [6.45, 7) is 0.527. The van der Waals surface area contributed by atoms with Crippen LogP contribution >= 0.6 is 0 Å².